The monoisotopic (exact) mass is 307 g/mol. The van der Waals surface area contributed by atoms with Crippen LogP contribution in [0.2, 0.25) is 5.02 Å². The molecule has 1 aromatic heterocycles. The van der Waals surface area contributed by atoms with Crippen LogP contribution in [0.5, 0.6) is 0 Å². The van der Waals surface area contributed by atoms with Crippen molar-refractivity contribution in [2.75, 3.05) is 6.54 Å². The lowest BCUT2D eigenvalue weighted by Crippen LogP contribution is -2.31. The van der Waals surface area contributed by atoms with Gasteiger partial charge in [0.2, 0.25) is 5.91 Å². The number of amides is 1. The number of nitrogens with zero attached hydrogens (tertiary/aromatic N) is 1. The number of furan rings is 1. The van der Waals surface area contributed by atoms with E-state index in [-0.39, 0.29) is 23.4 Å². The van der Waals surface area contributed by atoms with Gasteiger partial charge in [0.15, 0.2) is 0 Å². The lowest BCUT2D eigenvalue weighted by atomic mass is 10.1. The van der Waals surface area contributed by atoms with Gasteiger partial charge in [-0.2, -0.15) is 0 Å². The number of rotatable bonds is 3. The van der Waals surface area contributed by atoms with E-state index in [1.54, 1.807) is 12.3 Å². The molecule has 0 spiro atoms. The van der Waals surface area contributed by atoms with E-state index in [1.165, 1.54) is 12.1 Å². The third-order valence-electron chi connectivity index (χ3n) is 3.80. The second kappa shape index (κ2) is 5.90. The third-order valence-corrected chi connectivity index (χ3v) is 4.15. The van der Waals surface area contributed by atoms with Crippen LogP contribution >= 0.6 is 11.6 Å². The van der Waals surface area contributed by atoms with Crippen LogP contribution in [0.15, 0.2) is 41.0 Å². The largest absolute Gasteiger partial charge is 0.467 e. The van der Waals surface area contributed by atoms with Gasteiger partial charge in [-0.25, -0.2) is 4.39 Å². The Morgan fingerprint density at radius 3 is 3.00 bits per heavy atom. The second-order valence-corrected chi connectivity index (χ2v) is 5.58. The van der Waals surface area contributed by atoms with Crippen molar-refractivity contribution in [3.63, 3.8) is 0 Å². The molecule has 1 amide bonds. The summed E-state index contributed by atoms with van der Waals surface area (Å²) in [7, 11) is 0. The standard InChI is InChI=1S/C16H15ClFNO2/c17-13-10-12(18)6-5-11(13)9-16(20)19-7-1-3-14(19)15-4-2-8-21-15/h2,4-6,8,10,14H,1,3,7,9H2. The molecule has 110 valence electrons. The fourth-order valence-electron chi connectivity index (χ4n) is 2.77. The number of hydrogen-bond donors (Lipinski definition) is 0. The van der Waals surface area contributed by atoms with Gasteiger partial charge in [0.05, 0.1) is 18.7 Å². The zero-order valence-electron chi connectivity index (χ0n) is 11.4. The summed E-state index contributed by atoms with van der Waals surface area (Å²) in [6.45, 7) is 0.711. The SMILES string of the molecule is O=C(Cc1ccc(F)cc1Cl)N1CCCC1c1ccco1. The van der Waals surface area contributed by atoms with Gasteiger partial charge in [-0.05, 0) is 42.7 Å². The fraction of sp³-hybridized carbons (Fsp3) is 0.312. The molecule has 3 nitrogen and oxygen atoms in total. The Hall–Kier alpha value is -1.81. The highest BCUT2D eigenvalue weighted by molar-refractivity contribution is 6.31. The van der Waals surface area contributed by atoms with E-state index < -0.39 is 5.82 Å². The minimum Gasteiger partial charge on any atom is -0.467 e. The Kier molecular flexibility index (Phi) is 3.97. The number of benzene rings is 1. The maximum Gasteiger partial charge on any atom is 0.227 e. The summed E-state index contributed by atoms with van der Waals surface area (Å²) in [6, 6.07) is 7.83. The first-order valence-corrected chi connectivity index (χ1v) is 7.30. The van der Waals surface area contributed by atoms with Crippen LogP contribution in [0.4, 0.5) is 4.39 Å². The molecule has 1 aliphatic rings. The van der Waals surface area contributed by atoms with Crippen LogP contribution in [-0.4, -0.2) is 17.4 Å². The van der Waals surface area contributed by atoms with Gasteiger partial charge < -0.3 is 9.32 Å². The molecular weight excluding hydrogens is 293 g/mol. The van der Waals surface area contributed by atoms with Crippen molar-refractivity contribution in [1.82, 2.24) is 4.90 Å². The van der Waals surface area contributed by atoms with Gasteiger partial charge in [0.25, 0.3) is 0 Å². The van der Waals surface area contributed by atoms with E-state index in [2.05, 4.69) is 0 Å². The fourth-order valence-corrected chi connectivity index (χ4v) is 3.01. The first kappa shape index (κ1) is 14.1. The number of likely N-dealkylation sites (tertiary alicyclic amines) is 1. The molecule has 3 rings (SSSR count). The molecule has 0 aliphatic carbocycles. The summed E-state index contributed by atoms with van der Waals surface area (Å²) in [5, 5.41) is 0.289. The Balaban J connectivity index is 1.75. The van der Waals surface area contributed by atoms with Crippen LogP contribution in [0, 0.1) is 5.82 Å². The van der Waals surface area contributed by atoms with Gasteiger partial charge in [-0.3, -0.25) is 4.79 Å². The second-order valence-electron chi connectivity index (χ2n) is 5.17. The Bertz CT molecular complexity index is 642. The predicted octanol–water partition coefficient (Wildman–Crippen LogP) is 3.98. The zero-order valence-corrected chi connectivity index (χ0v) is 12.1. The van der Waals surface area contributed by atoms with Gasteiger partial charge in [0, 0.05) is 11.6 Å². The lowest BCUT2D eigenvalue weighted by molar-refractivity contribution is -0.131. The van der Waals surface area contributed by atoms with E-state index in [0.717, 1.165) is 18.6 Å². The summed E-state index contributed by atoms with van der Waals surface area (Å²) in [4.78, 5) is 14.3. The molecule has 21 heavy (non-hydrogen) atoms. The van der Waals surface area contributed by atoms with Crippen LogP contribution < -0.4 is 0 Å². The first-order chi connectivity index (χ1) is 10.1. The number of carbonyl (C=O) groups is 1. The average Bonchev–Trinajstić information content (AvgIpc) is 3.10. The van der Waals surface area contributed by atoms with Crippen LogP contribution in [0.3, 0.4) is 0 Å². The minimum absolute atomic E-state index is 0.00766. The molecule has 0 radical (unpaired) electrons. The normalized spacial score (nSPS) is 18.2. The summed E-state index contributed by atoms with van der Waals surface area (Å²) in [5.41, 5.74) is 0.646. The van der Waals surface area contributed by atoms with Crippen LogP contribution in [-0.2, 0) is 11.2 Å². The number of carbonyl (C=O) groups excluding carboxylic acids is 1. The maximum atomic E-state index is 13.0. The molecule has 0 bridgehead atoms. The van der Waals surface area contributed by atoms with E-state index in [1.807, 2.05) is 17.0 Å². The molecule has 1 aromatic carbocycles. The van der Waals surface area contributed by atoms with Crippen molar-refractivity contribution in [1.29, 1.82) is 0 Å². The summed E-state index contributed by atoms with van der Waals surface area (Å²) < 4.78 is 18.5. The maximum absolute atomic E-state index is 13.0. The van der Waals surface area contributed by atoms with Crippen LogP contribution in [0.1, 0.15) is 30.2 Å². The summed E-state index contributed by atoms with van der Waals surface area (Å²) in [6.07, 6.45) is 3.65. The summed E-state index contributed by atoms with van der Waals surface area (Å²) in [5.74, 6) is 0.402. The highest BCUT2D eigenvalue weighted by Crippen LogP contribution is 2.33. The van der Waals surface area contributed by atoms with Gasteiger partial charge in [-0.15, -0.1) is 0 Å². The van der Waals surface area contributed by atoms with E-state index in [9.17, 15) is 9.18 Å². The van der Waals surface area contributed by atoms with Crippen LogP contribution in [0.25, 0.3) is 0 Å². The smallest absolute Gasteiger partial charge is 0.227 e. The number of hydrogen-bond acceptors (Lipinski definition) is 2. The highest BCUT2D eigenvalue weighted by atomic mass is 35.5. The van der Waals surface area contributed by atoms with Crippen molar-refractivity contribution in [2.24, 2.45) is 0 Å². The third kappa shape index (κ3) is 2.95. The minimum atomic E-state index is -0.397. The quantitative estimate of drug-likeness (QED) is 0.859. The average molecular weight is 308 g/mol. The molecule has 0 saturated carbocycles. The number of halogens is 2. The van der Waals surface area contributed by atoms with Gasteiger partial charge in [0.1, 0.15) is 11.6 Å². The summed E-state index contributed by atoms with van der Waals surface area (Å²) >= 11 is 5.99. The van der Waals surface area contributed by atoms with E-state index >= 15 is 0 Å². The van der Waals surface area contributed by atoms with Crippen molar-refractivity contribution in [3.8, 4) is 0 Å². The Morgan fingerprint density at radius 1 is 1.43 bits per heavy atom. The molecular formula is C16H15ClFNO2. The molecule has 1 saturated heterocycles. The molecule has 1 aliphatic heterocycles. The molecule has 2 aromatic rings. The topological polar surface area (TPSA) is 33.5 Å². The highest BCUT2D eigenvalue weighted by Gasteiger charge is 2.31. The molecule has 2 heterocycles. The van der Waals surface area contributed by atoms with Crippen molar-refractivity contribution in [2.45, 2.75) is 25.3 Å². The Labute approximate surface area is 127 Å². The Morgan fingerprint density at radius 2 is 2.29 bits per heavy atom. The van der Waals surface area contributed by atoms with Gasteiger partial charge in [-0.1, -0.05) is 17.7 Å². The molecule has 1 unspecified atom stereocenters. The van der Waals surface area contributed by atoms with Crippen molar-refractivity contribution < 1.29 is 13.6 Å². The molecule has 1 fully saturated rings. The van der Waals surface area contributed by atoms with E-state index in [4.69, 9.17) is 16.0 Å². The first-order valence-electron chi connectivity index (χ1n) is 6.92. The zero-order chi connectivity index (χ0) is 14.8. The lowest BCUT2D eigenvalue weighted by Gasteiger charge is -2.23. The molecule has 5 heteroatoms. The van der Waals surface area contributed by atoms with Crippen molar-refractivity contribution in [3.05, 3.63) is 58.8 Å². The molecule has 0 N–H and O–H groups in total. The van der Waals surface area contributed by atoms with Gasteiger partial charge >= 0.3 is 0 Å². The van der Waals surface area contributed by atoms with E-state index in [0.29, 0.717) is 12.1 Å². The van der Waals surface area contributed by atoms with Crippen molar-refractivity contribution >= 4 is 17.5 Å². The predicted molar refractivity (Wildman–Crippen MR) is 77.5 cm³/mol. The molecule has 1 atom stereocenters.